The number of ether oxygens (including phenoxy) is 4. The van der Waals surface area contributed by atoms with E-state index < -0.39 is 12.3 Å². The summed E-state index contributed by atoms with van der Waals surface area (Å²) < 4.78 is 23.0. The van der Waals surface area contributed by atoms with Gasteiger partial charge in [-0.1, -0.05) is 33.2 Å². The lowest BCUT2D eigenvalue weighted by Gasteiger charge is -2.19. The van der Waals surface area contributed by atoms with Crippen LogP contribution in [0.15, 0.2) is 33.9 Å². The van der Waals surface area contributed by atoms with Crippen LogP contribution < -0.4 is 0 Å². The minimum atomic E-state index is -0.451. The number of benzene rings is 1. The Hall–Kier alpha value is -1.15. The van der Waals surface area contributed by atoms with E-state index in [0.717, 1.165) is 10.0 Å². The van der Waals surface area contributed by atoms with E-state index in [4.69, 9.17) is 24.5 Å². The molecule has 0 spiro atoms. The highest BCUT2D eigenvalue weighted by molar-refractivity contribution is 9.10. The first-order chi connectivity index (χ1) is 11.2. The lowest BCUT2D eigenvalue weighted by molar-refractivity contribution is -0.159. The minimum absolute atomic E-state index is 0.173. The van der Waals surface area contributed by atoms with Gasteiger partial charge in [0.2, 0.25) is 0 Å². The Morgan fingerprint density at radius 2 is 2.09 bits per heavy atom. The molecule has 0 aromatic heterocycles. The monoisotopic (exact) mass is 385 g/mol. The zero-order chi connectivity index (χ0) is 16.7. The molecule has 0 aliphatic carbocycles. The summed E-state index contributed by atoms with van der Waals surface area (Å²) in [7, 11) is 3.17. The van der Waals surface area contributed by atoms with Gasteiger partial charge in [-0.3, -0.25) is 0 Å². The van der Waals surface area contributed by atoms with Crippen molar-refractivity contribution < 1.29 is 18.9 Å². The second-order valence-electron chi connectivity index (χ2n) is 5.20. The molecule has 1 aromatic rings. The number of nitrogens with zero attached hydrogens (tertiary/aromatic N) is 3. The molecule has 1 heterocycles. The summed E-state index contributed by atoms with van der Waals surface area (Å²) in [6.07, 6.45) is -0.313. The first-order valence-corrected chi connectivity index (χ1v) is 8.04. The van der Waals surface area contributed by atoms with Crippen LogP contribution in [0.5, 0.6) is 0 Å². The molecule has 2 rings (SSSR count). The normalized spacial score (nSPS) is 25.1. The smallest absolute Gasteiger partial charge is 0.183 e. The molecule has 126 valence electrons. The summed E-state index contributed by atoms with van der Waals surface area (Å²) in [4.78, 5) is 2.90. The molecule has 0 bridgehead atoms. The second kappa shape index (κ2) is 9.22. The maximum atomic E-state index is 8.77. The van der Waals surface area contributed by atoms with Gasteiger partial charge in [0, 0.05) is 30.0 Å². The van der Waals surface area contributed by atoms with Crippen molar-refractivity contribution in [2.45, 2.75) is 37.6 Å². The van der Waals surface area contributed by atoms with Crippen molar-refractivity contribution in [1.82, 2.24) is 0 Å². The van der Waals surface area contributed by atoms with E-state index >= 15 is 0 Å². The molecule has 0 amide bonds. The molecule has 0 saturated carbocycles. The Labute approximate surface area is 143 Å². The highest BCUT2D eigenvalue weighted by Crippen LogP contribution is 2.27. The molecular weight excluding hydrogens is 366 g/mol. The maximum Gasteiger partial charge on any atom is 0.183 e. The van der Waals surface area contributed by atoms with Crippen LogP contribution in [-0.4, -0.2) is 45.4 Å². The van der Waals surface area contributed by atoms with Gasteiger partial charge in [0.25, 0.3) is 0 Å². The van der Waals surface area contributed by atoms with E-state index in [-0.39, 0.29) is 18.8 Å². The van der Waals surface area contributed by atoms with E-state index in [0.29, 0.717) is 13.0 Å². The molecule has 7 nitrogen and oxygen atoms in total. The molecule has 1 saturated heterocycles. The Morgan fingerprint density at radius 1 is 1.35 bits per heavy atom. The summed E-state index contributed by atoms with van der Waals surface area (Å²) in [5, 5.41) is 3.80. The lowest BCUT2D eigenvalue weighted by Crippen LogP contribution is -2.29. The molecule has 1 aliphatic heterocycles. The molecular formula is C15H20BrN3O4. The zero-order valence-corrected chi connectivity index (χ0v) is 14.7. The zero-order valence-electron chi connectivity index (χ0n) is 13.1. The number of rotatable bonds is 8. The van der Waals surface area contributed by atoms with Gasteiger partial charge in [-0.05, 0) is 23.2 Å². The van der Waals surface area contributed by atoms with Crippen molar-refractivity contribution in [2.24, 2.45) is 5.11 Å². The molecule has 0 N–H and O–H groups in total. The average molecular weight is 386 g/mol. The number of hydrogen-bond acceptors (Lipinski definition) is 5. The van der Waals surface area contributed by atoms with Gasteiger partial charge in [0.1, 0.15) is 6.10 Å². The van der Waals surface area contributed by atoms with Gasteiger partial charge in [-0.15, -0.1) is 0 Å². The molecule has 0 radical (unpaired) electrons. The van der Waals surface area contributed by atoms with Crippen molar-refractivity contribution in [3.05, 3.63) is 44.7 Å². The SMILES string of the molecule is COC1O[C@H]([C@H](COCc2ccc(Br)cc2)N=[N+]=[N-])C[C@H]1OC. The molecule has 4 atom stereocenters. The summed E-state index contributed by atoms with van der Waals surface area (Å²) >= 11 is 3.39. The fraction of sp³-hybridized carbons (Fsp3) is 0.600. The topological polar surface area (TPSA) is 85.7 Å². The molecule has 8 heteroatoms. The van der Waals surface area contributed by atoms with E-state index in [1.165, 1.54) is 0 Å². The summed E-state index contributed by atoms with van der Waals surface area (Å²) in [5.41, 5.74) is 9.82. The molecule has 1 fully saturated rings. The predicted octanol–water partition coefficient (Wildman–Crippen LogP) is 3.42. The third kappa shape index (κ3) is 5.17. The first kappa shape index (κ1) is 18.2. The van der Waals surface area contributed by atoms with Crippen molar-refractivity contribution in [3.63, 3.8) is 0 Å². The van der Waals surface area contributed by atoms with Gasteiger partial charge in [-0.25, -0.2) is 0 Å². The van der Waals surface area contributed by atoms with Gasteiger partial charge in [0.05, 0.1) is 25.4 Å². The number of azide groups is 1. The second-order valence-corrected chi connectivity index (χ2v) is 6.12. The van der Waals surface area contributed by atoms with Crippen LogP contribution >= 0.6 is 15.9 Å². The van der Waals surface area contributed by atoms with Crippen molar-refractivity contribution in [1.29, 1.82) is 0 Å². The van der Waals surface area contributed by atoms with E-state index in [2.05, 4.69) is 26.0 Å². The van der Waals surface area contributed by atoms with Crippen LogP contribution in [-0.2, 0) is 25.6 Å². The van der Waals surface area contributed by atoms with Gasteiger partial charge in [-0.2, -0.15) is 0 Å². The highest BCUT2D eigenvalue weighted by Gasteiger charge is 2.39. The maximum absolute atomic E-state index is 8.77. The third-order valence-electron chi connectivity index (χ3n) is 3.71. The Bertz CT molecular complexity index is 524. The van der Waals surface area contributed by atoms with Crippen LogP contribution in [0.1, 0.15) is 12.0 Å². The fourth-order valence-corrected chi connectivity index (χ4v) is 2.74. The number of halogens is 1. The number of methoxy groups -OCH3 is 2. The van der Waals surface area contributed by atoms with Gasteiger partial charge in [0.15, 0.2) is 6.29 Å². The minimum Gasteiger partial charge on any atom is -0.376 e. The summed E-state index contributed by atoms with van der Waals surface area (Å²) in [6.45, 7) is 0.719. The molecule has 23 heavy (non-hydrogen) atoms. The Balaban J connectivity index is 1.89. The van der Waals surface area contributed by atoms with Crippen LogP contribution in [0.2, 0.25) is 0 Å². The third-order valence-corrected chi connectivity index (χ3v) is 4.24. The quantitative estimate of drug-likeness (QED) is 0.389. The molecule has 1 aliphatic rings. The van der Waals surface area contributed by atoms with Crippen molar-refractivity contribution in [2.75, 3.05) is 20.8 Å². The standard InChI is InChI=1S/C15H20BrN3O4/c1-20-14-7-13(23-15(14)21-2)12(18-19-17)9-22-8-10-3-5-11(16)6-4-10/h3-6,12-15H,7-9H2,1-2H3/t12-,13-,14+,15?/m0/s1. The molecule has 1 aromatic carbocycles. The van der Waals surface area contributed by atoms with E-state index in [9.17, 15) is 0 Å². The summed E-state index contributed by atoms with van der Waals surface area (Å²) in [5.74, 6) is 0. The van der Waals surface area contributed by atoms with Gasteiger partial charge < -0.3 is 18.9 Å². The largest absolute Gasteiger partial charge is 0.376 e. The van der Waals surface area contributed by atoms with E-state index in [1.54, 1.807) is 14.2 Å². The van der Waals surface area contributed by atoms with Crippen LogP contribution in [0.4, 0.5) is 0 Å². The van der Waals surface area contributed by atoms with E-state index in [1.807, 2.05) is 24.3 Å². The van der Waals surface area contributed by atoms with Crippen LogP contribution in [0.25, 0.3) is 10.4 Å². The van der Waals surface area contributed by atoms with Crippen LogP contribution in [0, 0.1) is 0 Å². The predicted molar refractivity (Wildman–Crippen MR) is 87.8 cm³/mol. The van der Waals surface area contributed by atoms with Crippen molar-refractivity contribution >= 4 is 15.9 Å². The fourth-order valence-electron chi connectivity index (χ4n) is 2.48. The first-order valence-electron chi connectivity index (χ1n) is 7.25. The molecule has 1 unspecified atom stereocenters. The Morgan fingerprint density at radius 3 is 2.65 bits per heavy atom. The van der Waals surface area contributed by atoms with Crippen LogP contribution in [0.3, 0.4) is 0 Å². The summed E-state index contributed by atoms with van der Waals surface area (Å²) in [6, 6.07) is 7.43. The lowest BCUT2D eigenvalue weighted by atomic mass is 10.1. The van der Waals surface area contributed by atoms with Crippen molar-refractivity contribution in [3.8, 4) is 0 Å². The van der Waals surface area contributed by atoms with Gasteiger partial charge >= 0.3 is 0 Å². The highest BCUT2D eigenvalue weighted by atomic mass is 79.9. The Kier molecular flexibility index (Phi) is 7.29. The average Bonchev–Trinajstić information content (AvgIpc) is 2.99. The number of hydrogen-bond donors (Lipinski definition) is 0.